The van der Waals surface area contributed by atoms with Gasteiger partial charge in [-0.3, -0.25) is 9.59 Å². The molecule has 2 rings (SSSR count). The van der Waals surface area contributed by atoms with E-state index < -0.39 is 18.1 Å². The minimum Gasteiger partial charge on any atom is -0.368 e. The van der Waals surface area contributed by atoms with Gasteiger partial charge in [0.15, 0.2) is 0 Å². The molecule has 2 amide bonds. The van der Waals surface area contributed by atoms with E-state index in [1.165, 1.54) is 0 Å². The van der Waals surface area contributed by atoms with E-state index in [0.717, 1.165) is 12.0 Å². The lowest BCUT2D eigenvalue weighted by molar-refractivity contribution is -0.133. The maximum atomic E-state index is 11.9. The Balaban J connectivity index is 1.87. The molecular formula is C15H20N2O3. The molecule has 20 heavy (non-hydrogen) atoms. The van der Waals surface area contributed by atoms with Crippen molar-refractivity contribution < 1.29 is 14.3 Å². The van der Waals surface area contributed by atoms with Crippen molar-refractivity contribution in [2.24, 2.45) is 5.73 Å². The van der Waals surface area contributed by atoms with Gasteiger partial charge in [0.05, 0.1) is 0 Å². The highest BCUT2D eigenvalue weighted by molar-refractivity contribution is 5.88. The molecular weight excluding hydrogens is 256 g/mol. The van der Waals surface area contributed by atoms with Crippen LogP contribution in [-0.4, -0.2) is 30.6 Å². The summed E-state index contributed by atoms with van der Waals surface area (Å²) >= 11 is 0. The highest BCUT2D eigenvalue weighted by atomic mass is 16.5. The fourth-order valence-corrected chi connectivity index (χ4v) is 2.29. The number of amides is 2. The van der Waals surface area contributed by atoms with Crippen LogP contribution in [0, 0.1) is 0 Å². The van der Waals surface area contributed by atoms with Gasteiger partial charge in [0.2, 0.25) is 11.8 Å². The van der Waals surface area contributed by atoms with Crippen molar-refractivity contribution in [2.75, 3.05) is 6.61 Å². The smallest absolute Gasteiger partial charge is 0.249 e. The van der Waals surface area contributed by atoms with E-state index in [1.807, 2.05) is 30.3 Å². The Labute approximate surface area is 118 Å². The Kier molecular flexibility index (Phi) is 5.12. The molecule has 1 fully saturated rings. The Bertz CT molecular complexity index is 455. The molecule has 5 nitrogen and oxygen atoms in total. The third-order valence-corrected chi connectivity index (χ3v) is 3.45. The van der Waals surface area contributed by atoms with Gasteiger partial charge in [0.1, 0.15) is 12.1 Å². The van der Waals surface area contributed by atoms with Gasteiger partial charge in [-0.2, -0.15) is 0 Å². The first-order valence-electron chi connectivity index (χ1n) is 6.92. The van der Waals surface area contributed by atoms with E-state index in [9.17, 15) is 9.59 Å². The van der Waals surface area contributed by atoms with E-state index in [4.69, 9.17) is 10.5 Å². The number of nitrogens with one attached hydrogen (secondary N) is 1. The molecule has 1 aliphatic heterocycles. The zero-order chi connectivity index (χ0) is 14.4. The summed E-state index contributed by atoms with van der Waals surface area (Å²) in [5.41, 5.74) is 6.47. The van der Waals surface area contributed by atoms with Crippen LogP contribution < -0.4 is 11.1 Å². The second-order valence-corrected chi connectivity index (χ2v) is 4.99. The van der Waals surface area contributed by atoms with Gasteiger partial charge in [-0.25, -0.2) is 0 Å². The van der Waals surface area contributed by atoms with Crippen molar-refractivity contribution in [3.05, 3.63) is 35.9 Å². The normalized spacial score (nSPS) is 19.5. The maximum absolute atomic E-state index is 11.9. The van der Waals surface area contributed by atoms with Gasteiger partial charge in [0.25, 0.3) is 0 Å². The third kappa shape index (κ3) is 4.06. The van der Waals surface area contributed by atoms with Crippen molar-refractivity contribution in [3.8, 4) is 0 Å². The van der Waals surface area contributed by atoms with Gasteiger partial charge in [0, 0.05) is 6.61 Å². The first-order chi connectivity index (χ1) is 9.66. The summed E-state index contributed by atoms with van der Waals surface area (Å²) in [6.07, 6.45) is 2.34. The predicted molar refractivity (Wildman–Crippen MR) is 74.9 cm³/mol. The Hall–Kier alpha value is -1.88. The van der Waals surface area contributed by atoms with E-state index in [-0.39, 0.29) is 5.91 Å². The molecule has 0 aromatic heterocycles. The molecule has 108 valence electrons. The second-order valence-electron chi connectivity index (χ2n) is 4.99. The summed E-state index contributed by atoms with van der Waals surface area (Å²) in [7, 11) is 0. The van der Waals surface area contributed by atoms with Crippen LogP contribution in [0.2, 0.25) is 0 Å². The van der Waals surface area contributed by atoms with E-state index >= 15 is 0 Å². The van der Waals surface area contributed by atoms with Crippen molar-refractivity contribution in [1.82, 2.24) is 5.32 Å². The number of hydrogen-bond acceptors (Lipinski definition) is 3. The quantitative estimate of drug-likeness (QED) is 0.805. The van der Waals surface area contributed by atoms with Crippen molar-refractivity contribution in [3.63, 3.8) is 0 Å². The summed E-state index contributed by atoms with van der Waals surface area (Å²) < 4.78 is 5.29. The molecule has 0 bridgehead atoms. The first kappa shape index (κ1) is 14.5. The molecule has 0 unspecified atom stereocenters. The SMILES string of the molecule is NC(=O)[C@@H](CCc1ccccc1)NC(=O)[C@H]1CCCO1. The van der Waals surface area contributed by atoms with Gasteiger partial charge < -0.3 is 15.8 Å². The fourth-order valence-electron chi connectivity index (χ4n) is 2.29. The lowest BCUT2D eigenvalue weighted by Crippen LogP contribution is -2.48. The molecule has 2 atom stereocenters. The molecule has 0 saturated carbocycles. The Morgan fingerprint density at radius 2 is 2.10 bits per heavy atom. The number of carbonyl (C=O) groups is 2. The Morgan fingerprint density at radius 3 is 2.70 bits per heavy atom. The number of nitrogens with two attached hydrogens (primary N) is 1. The van der Waals surface area contributed by atoms with Crippen LogP contribution in [0.15, 0.2) is 30.3 Å². The summed E-state index contributed by atoms with van der Waals surface area (Å²) in [6, 6.07) is 9.15. The summed E-state index contributed by atoms with van der Waals surface area (Å²) in [4.78, 5) is 23.4. The molecule has 3 N–H and O–H groups in total. The van der Waals surface area contributed by atoms with E-state index in [1.54, 1.807) is 0 Å². The van der Waals surface area contributed by atoms with Crippen LogP contribution in [0.4, 0.5) is 0 Å². The maximum Gasteiger partial charge on any atom is 0.249 e. The molecule has 0 aliphatic carbocycles. The lowest BCUT2D eigenvalue weighted by Gasteiger charge is -2.18. The average Bonchev–Trinajstić information content (AvgIpc) is 2.98. The van der Waals surface area contributed by atoms with E-state index in [2.05, 4.69) is 5.32 Å². The fraction of sp³-hybridized carbons (Fsp3) is 0.467. The van der Waals surface area contributed by atoms with Crippen LogP contribution in [0.25, 0.3) is 0 Å². The largest absolute Gasteiger partial charge is 0.368 e. The average molecular weight is 276 g/mol. The zero-order valence-electron chi connectivity index (χ0n) is 11.4. The molecule has 0 radical (unpaired) electrons. The summed E-state index contributed by atoms with van der Waals surface area (Å²) in [6.45, 7) is 0.601. The topological polar surface area (TPSA) is 81.4 Å². The number of primary amides is 1. The first-order valence-corrected chi connectivity index (χ1v) is 6.92. The molecule has 5 heteroatoms. The van der Waals surface area contributed by atoms with Crippen molar-refractivity contribution in [1.29, 1.82) is 0 Å². The highest BCUT2D eigenvalue weighted by Crippen LogP contribution is 2.12. The molecule has 1 saturated heterocycles. The number of aryl methyl sites for hydroxylation is 1. The van der Waals surface area contributed by atoms with Crippen LogP contribution >= 0.6 is 0 Å². The van der Waals surface area contributed by atoms with Gasteiger partial charge in [-0.15, -0.1) is 0 Å². The number of ether oxygens (including phenoxy) is 1. The summed E-state index contributed by atoms with van der Waals surface area (Å²) in [5.74, 6) is -0.744. The van der Waals surface area contributed by atoms with E-state index in [0.29, 0.717) is 25.9 Å². The van der Waals surface area contributed by atoms with Crippen molar-refractivity contribution >= 4 is 11.8 Å². The van der Waals surface area contributed by atoms with Crippen LogP contribution in [0.5, 0.6) is 0 Å². The number of hydrogen-bond donors (Lipinski definition) is 2. The minimum absolute atomic E-state index is 0.237. The number of benzene rings is 1. The summed E-state index contributed by atoms with van der Waals surface area (Å²) in [5, 5.41) is 2.69. The molecule has 1 aromatic carbocycles. The second kappa shape index (κ2) is 7.05. The molecule has 1 aliphatic rings. The van der Waals surface area contributed by atoms with Crippen LogP contribution in [0.3, 0.4) is 0 Å². The van der Waals surface area contributed by atoms with Crippen LogP contribution in [-0.2, 0) is 20.7 Å². The van der Waals surface area contributed by atoms with Crippen LogP contribution in [0.1, 0.15) is 24.8 Å². The highest BCUT2D eigenvalue weighted by Gasteiger charge is 2.27. The number of rotatable bonds is 6. The lowest BCUT2D eigenvalue weighted by atomic mass is 10.0. The number of carbonyl (C=O) groups excluding carboxylic acids is 2. The Morgan fingerprint density at radius 1 is 1.35 bits per heavy atom. The molecule has 0 spiro atoms. The monoisotopic (exact) mass is 276 g/mol. The molecule has 1 heterocycles. The van der Waals surface area contributed by atoms with Gasteiger partial charge in [-0.1, -0.05) is 30.3 Å². The zero-order valence-corrected chi connectivity index (χ0v) is 11.4. The predicted octanol–water partition coefficient (Wildman–Crippen LogP) is 0.768. The molecule has 1 aromatic rings. The minimum atomic E-state index is -0.646. The standard InChI is InChI=1S/C15H20N2O3/c16-14(18)12(9-8-11-5-2-1-3-6-11)17-15(19)13-7-4-10-20-13/h1-3,5-6,12-13H,4,7-10H2,(H2,16,18)(H,17,19)/t12-,13-/m1/s1. The third-order valence-electron chi connectivity index (χ3n) is 3.45. The van der Waals surface area contributed by atoms with Gasteiger partial charge >= 0.3 is 0 Å². The van der Waals surface area contributed by atoms with Gasteiger partial charge in [-0.05, 0) is 31.2 Å². The van der Waals surface area contributed by atoms with Crippen molar-refractivity contribution in [2.45, 2.75) is 37.8 Å².